The molecule has 2 heterocycles. The molecule has 0 saturated carbocycles. The summed E-state index contributed by atoms with van der Waals surface area (Å²) < 4.78 is 22.5. The van der Waals surface area contributed by atoms with Gasteiger partial charge in [0, 0.05) is 20.2 Å². The minimum Gasteiger partial charge on any atom is -0.395 e. The second-order valence-electron chi connectivity index (χ2n) is 4.77. The molecule has 0 bridgehead atoms. The van der Waals surface area contributed by atoms with Crippen LogP contribution in [0.5, 0.6) is 0 Å². The summed E-state index contributed by atoms with van der Waals surface area (Å²) in [4.78, 5) is 0. The van der Waals surface area contributed by atoms with Crippen LogP contribution in [-0.4, -0.2) is 62.3 Å². The minimum absolute atomic E-state index is 0.109. The molecule has 2 rings (SSSR count). The Hall–Kier alpha value is -0.240. The van der Waals surface area contributed by atoms with Crippen molar-refractivity contribution < 1.29 is 24.1 Å². The van der Waals surface area contributed by atoms with Crippen LogP contribution in [-0.2, 0) is 18.9 Å². The van der Waals surface area contributed by atoms with E-state index in [1.807, 2.05) is 13.8 Å². The van der Waals surface area contributed by atoms with E-state index in [-0.39, 0.29) is 31.2 Å². The lowest BCUT2D eigenvalue weighted by molar-refractivity contribution is -0.226. The first kappa shape index (κ1) is 13.2. The van der Waals surface area contributed by atoms with Gasteiger partial charge in [-0.05, 0) is 13.8 Å². The van der Waals surface area contributed by atoms with E-state index in [4.69, 9.17) is 24.1 Å². The maximum Gasteiger partial charge on any atom is 0.186 e. The smallest absolute Gasteiger partial charge is 0.186 e. The quantitative estimate of drug-likeness (QED) is 0.636. The zero-order chi connectivity index (χ0) is 12.5. The van der Waals surface area contributed by atoms with E-state index in [1.165, 1.54) is 0 Å². The number of rotatable bonds is 5. The first-order valence-electron chi connectivity index (χ1n) is 5.93. The number of hydrogen-bond acceptors (Lipinski definition) is 6. The maximum absolute atomic E-state index is 8.72. The second kappa shape index (κ2) is 5.17. The highest BCUT2D eigenvalue weighted by Gasteiger charge is 2.55. The zero-order valence-electron chi connectivity index (χ0n) is 10.5. The summed E-state index contributed by atoms with van der Waals surface area (Å²) in [6.07, 6.45) is -0.807. The molecule has 0 aromatic carbocycles. The summed E-state index contributed by atoms with van der Waals surface area (Å²) in [5, 5.41) is 11.8. The largest absolute Gasteiger partial charge is 0.395 e. The van der Waals surface area contributed by atoms with Crippen molar-refractivity contribution in [3.8, 4) is 0 Å². The van der Waals surface area contributed by atoms with Crippen LogP contribution >= 0.6 is 0 Å². The van der Waals surface area contributed by atoms with Crippen molar-refractivity contribution in [3.05, 3.63) is 0 Å². The molecule has 0 radical (unpaired) electrons. The van der Waals surface area contributed by atoms with Crippen LogP contribution < -0.4 is 5.32 Å². The van der Waals surface area contributed by atoms with Gasteiger partial charge in [0.05, 0.1) is 6.61 Å². The minimum atomic E-state index is -0.592. The van der Waals surface area contributed by atoms with Crippen molar-refractivity contribution in [2.45, 2.75) is 44.2 Å². The standard InChI is InChI=1S/C11H21NO5/c1-11(2)16-8-7(6-12-4-5-13)15-10(14-3)9(8)17-11/h7-10,12-13H,4-6H2,1-3H3. The Morgan fingerprint density at radius 2 is 2.00 bits per heavy atom. The molecule has 6 nitrogen and oxygen atoms in total. The highest BCUT2D eigenvalue weighted by atomic mass is 16.8. The summed E-state index contributed by atoms with van der Waals surface area (Å²) in [6.45, 7) is 5.03. The SMILES string of the molecule is COC1OC(CNCCO)C2OC(C)(C)OC12. The van der Waals surface area contributed by atoms with Gasteiger partial charge in [0.2, 0.25) is 0 Å². The van der Waals surface area contributed by atoms with Crippen LogP contribution in [0.3, 0.4) is 0 Å². The van der Waals surface area contributed by atoms with Crippen molar-refractivity contribution in [2.24, 2.45) is 0 Å². The van der Waals surface area contributed by atoms with Gasteiger partial charge in [-0.25, -0.2) is 0 Å². The Balaban J connectivity index is 1.95. The molecule has 2 N–H and O–H groups in total. The fourth-order valence-corrected chi connectivity index (χ4v) is 2.32. The molecule has 4 unspecified atom stereocenters. The maximum atomic E-state index is 8.72. The molecule has 17 heavy (non-hydrogen) atoms. The third-order valence-electron chi connectivity index (χ3n) is 2.97. The van der Waals surface area contributed by atoms with E-state index in [0.717, 1.165) is 0 Å². The molecule has 0 amide bonds. The number of aliphatic hydroxyl groups is 1. The third kappa shape index (κ3) is 2.78. The summed E-state index contributed by atoms with van der Waals surface area (Å²) in [7, 11) is 1.60. The molecular weight excluding hydrogens is 226 g/mol. The highest BCUT2D eigenvalue weighted by molar-refractivity contribution is 4.95. The average Bonchev–Trinajstić information content (AvgIpc) is 2.73. The number of hydrogen-bond donors (Lipinski definition) is 2. The molecule has 6 heteroatoms. The van der Waals surface area contributed by atoms with Crippen molar-refractivity contribution in [3.63, 3.8) is 0 Å². The Morgan fingerprint density at radius 1 is 1.29 bits per heavy atom. The molecule has 0 aromatic heterocycles. The molecule has 0 aromatic rings. The number of aliphatic hydroxyl groups excluding tert-OH is 1. The molecule has 2 aliphatic rings. The van der Waals surface area contributed by atoms with Gasteiger partial charge in [-0.1, -0.05) is 0 Å². The number of methoxy groups -OCH3 is 1. The van der Waals surface area contributed by atoms with Gasteiger partial charge >= 0.3 is 0 Å². The predicted molar refractivity (Wildman–Crippen MR) is 59.5 cm³/mol. The van der Waals surface area contributed by atoms with E-state index in [9.17, 15) is 0 Å². The Labute approximate surface area is 101 Å². The van der Waals surface area contributed by atoms with Crippen LogP contribution in [0.1, 0.15) is 13.8 Å². The fraction of sp³-hybridized carbons (Fsp3) is 1.00. The van der Waals surface area contributed by atoms with Gasteiger partial charge in [-0.15, -0.1) is 0 Å². The van der Waals surface area contributed by atoms with Crippen molar-refractivity contribution in [1.29, 1.82) is 0 Å². The average molecular weight is 247 g/mol. The topological polar surface area (TPSA) is 69.2 Å². The van der Waals surface area contributed by atoms with E-state index >= 15 is 0 Å². The molecule has 4 atom stereocenters. The summed E-state index contributed by atoms with van der Waals surface area (Å²) in [6, 6.07) is 0. The Morgan fingerprint density at radius 3 is 2.65 bits per heavy atom. The fourth-order valence-electron chi connectivity index (χ4n) is 2.32. The van der Waals surface area contributed by atoms with E-state index in [2.05, 4.69) is 5.32 Å². The van der Waals surface area contributed by atoms with Gasteiger partial charge in [-0.3, -0.25) is 0 Å². The van der Waals surface area contributed by atoms with Crippen LogP contribution in [0.15, 0.2) is 0 Å². The normalized spacial score (nSPS) is 39.5. The third-order valence-corrected chi connectivity index (χ3v) is 2.97. The van der Waals surface area contributed by atoms with E-state index in [0.29, 0.717) is 13.1 Å². The van der Waals surface area contributed by atoms with Crippen LogP contribution in [0.2, 0.25) is 0 Å². The molecule has 100 valence electrons. The summed E-state index contributed by atoms with van der Waals surface area (Å²) in [5.74, 6) is -0.592. The van der Waals surface area contributed by atoms with Crippen LogP contribution in [0.4, 0.5) is 0 Å². The predicted octanol–water partition coefficient (Wildman–Crippen LogP) is -0.540. The lowest BCUT2D eigenvalue weighted by Crippen LogP contribution is -2.38. The van der Waals surface area contributed by atoms with Gasteiger partial charge in [0.15, 0.2) is 12.1 Å². The molecule has 0 aliphatic carbocycles. The first-order valence-corrected chi connectivity index (χ1v) is 5.93. The molecular formula is C11H21NO5. The lowest BCUT2D eigenvalue weighted by Gasteiger charge is -2.23. The van der Waals surface area contributed by atoms with Crippen molar-refractivity contribution >= 4 is 0 Å². The molecule has 0 spiro atoms. The number of ether oxygens (including phenoxy) is 4. The summed E-state index contributed by atoms with van der Waals surface area (Å²) in [5.41, 5.74) is 0. The van der Waals surface area contributed by atoms with Crippen LogP contribution in [0, 0.1) is 0 Å². The van der Waals surface area contributed by atoms with E-state index < -0.39 is 5.79 Å². The second-order valence-corrected chi connectivity index (χ2v) is 4.77. The Bertz CT molecular complexity index is 260. The van der Waals surface area contributed by atoms with Gasteiger partial charge < -0.3 is 29.4 Å². The van der Waals surface area contributed by atoms with E-state index in [1.54, 1.807) is 7.11 Å². The highest BCUT2D eigenvalue weighted by Crippen LogP contribution is 2.38. The number of nitrogens with one attached hydrogen (secondary N) is 1. The first-order chi connectivity index (χ1) is 8.07. The van der Waals surface area contributed by atoms with Crippen LogP contribution in [0.25, 0.3) is 0 Å². The number of fused-ring (bicyclic) bond motifs is 1. The van der Waals surface area contributed by atoms with Gasteiger partial charge in [0.1, 0.15) is 18.3 Å². The monoisotopic (exact) mass is 247 g/mol. The summed E-state index contributed by atoms with van der Waals surface area (Å²) >= 11 is 0. The Kier molecular flexibility index (Phi) is 4.02. The molecule has 2 aliphatic heterocycles. The zero-order valence-corrected chi connectivity index (χ0v) is 10.5. The van der Waals surface area contributed by atoms with Gasteiger partial charge in [0.25, 0.3) is 0 Å². The molecule has 2 fully saturated rings. The van der Waals surface area contributed by atoms with Gasteiger partial charge in [-0.2, -0.15) is 0 Å². The van der Waals surface area contributed by atoms with Crippen molar-refractivity contribution in [2.75, 3.05) is 26.8 Å². The van der Waals surface area contributed by atoms with Crippen molar-refractivity contribution in [1.82, 2.24) is 5.32 Å². The lowest BCUT2D eigenvalue weighted by atomic mass is 10.1. The molecule has 2 saturated heterocycles.